The highest BCUT2D eigenvalue weighted by atomic mass is 35.5. The van der Waals surface area contributed by atoms with Gasteiger partial charge in [-0.05, 0) is 24.1 Å². The standard InChI is InChI=1S/C14H15ClFN3O/c15-6-1-7-19-14(20)12(8-17)10-18-9-11-2-4-13(16)5-3-11/h2-5,10,18H,1,6-7,9H2,(H,19,20)/b12-10-. The first-order valence-corrected chi connectivity index (χ1v) is 6.63. The molecule has 2 N–H and O–H groups in total. The van der Waals surface area contributed by atoms with Crippen LogP contribution in [0.3, 0.4) is 0 Å². The van der Waals surface area contributed by atoms with Crippen molar-refractivity contribution in [2.75, 3.05) is 12.4 Å². The number of nitriles is 1. The second kappa shape index (κ2) is 8.94. The smallest absolute Gasteiger partial charge is 0.263 e. The average molecular weight is 296 g/mol. The Balaban J connectivity index is 2.47. The van der Waals surface area contributed by atoms with Crippen molar-refractivity contribution in [1.82, 2.24) is 10.6 Å². The lowest BCUT2D eigenvalue weighted by molar-refractivity contribution is -0.117. The number of amides is 1. The van der Waals surface area contributed by atoms with E-state index in [1.54, 1.807) is 12.1 Å². The Bertz CT molecular complexity index is 508. The van der Waals surface area contributed by atoms with Crippen LogP contribution in [0.1, 0.15) is 12.0 Å². The van der Waals surface area contributed by atoms with Crippen LogP contribution in [0.4, 0.5) is 4.39 Å². The summed E-state index contributed by atoms with van der Waals surface area (Å²) in [5.41, 5.74) is 0.837. The van der Waals surface area contributed by atoms with E-state index >= 15 is 0 Å². The van der Waals surface area contributed by atoms with Gasteiger partial charge in [0.15, 0.2) is 0 Å². The van der Waals surface area contributed by atoms with E-state index < -0.39 is 5.91 Å². The number of halogens is 2. The third kappa shape index (κ3) is 5.72. The molecule has 1 aromatic carbocycles. The third-order valence-electron chi connectivity index (χ3n) is 2.43. The topological polar surface area (TPSA) is 64.9 Å². The largest absolute Gasteiger partial charge is 0.386 e. The molecule has 20 heavy (non-hydrogen) atoms. The number of hydrogen-bond acceptors (Lipinski definition) is 3. The predicted octanol–water partition coefficient (Wildman–Crippen LogP) is 2.07. The van der Waals surface area contributed by atoms with Gasteiger partial charge < -0.3 is 10.6 Å². The molecule has 0 aromatic heterocycles. The second-order valence-electron chi connectivity index (χ2n) is 3.98. The molecule has 0 atom stereocenters. The molecule has 0 aliphatic carbocycles. The molecular weight excluding hydrogens is 281 g/mol. The lowest BCUT2D eigenvalue weighted by Crippen LogP contribution is -2.26. The van der Waals surface area contributed by atoms with Gasteiger partial charge in [-0.1, -0.05) is 12.1 Å². The SMILES string of the molecule is N#C/C(=C/NCc1ccc(F)cc1)C(=O)NCCCCl. The molecule has 0 unspecified atom stereocenters. The minimum absolute atomic E-state index is 0.0123. The summed E-state index contributed by atoms with van der Waals surface area (Å²) in [6, 6.07) is 7.78. The van der Waals surface area contributed by atoms with Crippen LogP contribution in [-0.4, -0.2) is 18.3 Å². The highest BCUT2D eigenvalue weighted by Gasteiger charge is 2.07. The van der Waals surface area contributed by atoms with E-state index in [0.29, 0.717) is 25.4 Å². The summed E-state index contributed by atoms with van der Waals surface area (Å²) in [5.74, 6) is -0.292. The maximum Gasteiger partial charge on any atom is 0.263 e. The first-order valence-electron chi connectivity index (χ1n) is 6.09. The van der Waals surface area contributed by atoms with Crippen molar-refractivity contribution in [3.63, 3.8) is 0 Å². The van der Waals surface area contributed by atoms with Crippen LogP contribution in [0.15, 0.2) is 36.0 Å². The van der Waals surface area contributed by atoms with Crippen LogP contribution in [0.5, 0.6) is 0 Å². The molecule has 1 rings (SSSR count). The fourth-order valence-corrected chi connectivity index (χ4v) is 1.52. The Morgan fingerprint density at radius 2 is 2.10 bits per heavy atom. The highest BCUT2D eigenvalue weighted by molar-refractivity contribution is 6.17. The van der Waals surface area contributed by atoms with Gasteiger partial charge in [-0.25, -0.2) is 4.39 Å². The van der Waals surface area contributed by atoms with Gasteiger partial charge in [-0.3, -0.25) is 4.79 Å². The van der Waals surface area contributed by atoms with Gasteiger partial charge in [0.2, 0.25) is 0 Å². The first-order chi connectivity index (χ1) is 9.67. The van der Waals surface area contributed by atoms with Gasteiger partial charge >= 0.3 is 0 Å². The summed E-state index contributed by atoms with van der Waals surface area (Å²) in [4.78, 5) is 11.6. The molecule has 1 amide bonds. The summed E-state index contributed by atoms with van der Waals surface area (Å²) >= 11 is 5.49. The summed E-state index contributed by atoms with van der Waals surface area (Å²) in [7, 11) is 0. The Hall–Kier alpha value is -2.06. The van der Waals surface area contributed by atoms with Gasteiger partial charge in [-0.15, -0.1) is 11.6 Å². The fourth-order valence-electron chi connectivity index (χ4n) is 1.39. The summed E-state index contributed by atoms with van der Waals surface area (Å²) < 4.78 is 12.7. The number of nitrogens with one attached hydrogen (secondary N) is 2. The molecule has 0 saturated carbocycles. The molecule has 4 nitrogen and oxygen atoms in total. The zero-order valence-electron chi connectivity index (χ0n) is 10.8. The lowest BCUT2D eigenvalue weighted by Gasteiger charge is -2.04. The molecule has 0 aliphatic heterocycles. The molecule has 0 bridgehead atoms. The summed E-state index contributed by atoms with van der Waals surface area (Å²) in [5, 5.41) is 14.3. The van der Waals surface area contributed by atoms with E-state index in [1.807, 2.05) is 6.07 Å². The van der Waals surface area contributed by atoms with Crippen LogP contribution >= 0.6 is 11.6 Å². The minimum Gasteiger partial charge on any atom is -0.386 e. The maximum absolute atomic E-state index is 12.7. The predicted molar refractivity (Wildman–Crippen MR) is 75.3 cm³/mol. The number of nitrogens with zero attached hydrogens (tertiary/aromatic N) is 1. The number of alkyl halides is 1. The monoisotopic (exact) mass is 295 g/mol. The zero-order valence-corrected chi connectivity index (χ0v) is 11.6. The van der Waals surface area contributed by atoms with Crippen molar-refractivity contribution in [3.05, 3.63) is 47.4 Å². The average Bonchev–Trinajstić information content (AvgIpc) is 2.45. The normalized spacial score (nSPS) is 10.8. The Morgan fingerprint density at radius 3 is 2.70 bits per heavy atom. The van der Waals surface area contributed by atoms with Crippen LogP contribution in [0.25, 0.3) is 0 Å². The Kier molecular flexibility index (Phi) is 7.15. The van der Waals surface area contributed by atoms with Crippen molar-refractivity contribution in [2.45, 2.75) is 13.0 Å². The van der Waals surface area contributed by atoms with Crippen molar-refractivity contribution >= 4 is 17.5 Å². The molecule has 0 fully saturated rings. The minimum atomic E-state index is -0.441. The first kappa shape index (κ1) is 16.0. The van der Waals surface area contributed by atoms with Gasteiger partial charge in [0, 0.05) is 25.2 Å². The number of hydrogen-bond donors (Lipinski definition) is 2. The maximum atomic E-state index is 12.7. The van der Waals surface area contributed by atoms with Crippen LogP contribution in [0.2, 0.25) is 0 Å². The van der Waals surface area contributed by atoms with Crippen molar-refractivity contribution in [3.8, 4) is 6.07 Å². The molecule has 0 heterocycles. The van der Waals surface area contributed by atoms with Crippen molar-refractivity contribution < 1.29 is 9.18 Å². The van der Waals surface area contributed by atoms with Crippen molar-refractivity contribution in [2.24, 2.45) is 0 Å². The molecule has 106 valence electrons. The van der Waals surface area contributed by atoms with E-state index in [1.165, 1.54) is 18.3 Å². The van der Waals surface area contributed by atoms with Gasteiger partial charge in [-0.2, -0.15) is 5.26 Å². The Morgan fingerprint density at radius 1 is 1.40 bits per heavy atom. The van der Waals surface area contributed by atoms with Gasteiger partial charge in [0.25, 0.3) is 5.91 Å². The van der Waals surface area contributed by atoms with Crippen molar-refractivity contribution in [1.29, 1.82) is 5.26 Å². The number of carbonyl (C=O) groups excluding carboxylic acids is 1. The van der Waals surface area contributed by atoms with Crippen LogP contribution < -0.4 is 10.6 Å². The highest BCUT2D eigenvalue weighted by Crippen LogP contribution is 2.02. The molecule has 0 spiro atoms. The van der Waals surface area contributed by atoms with E-state index in [9.17, 15) is 9.18 Å². The van der Waals surface area contributed by atoms with Gasteiger partial charge in [0.05, 0.1) is 0 Å². The number of benzene rings is 1. The fraction of sp³-hybridized carbons (Fsp3) is 0.286. The summed E-state index contributed by atoms with van der Waals surface area (Å²) in [6.07, 6.45) is 1.99. The van der Waals surface area contributed by atoms with Gasteiger partial charge in [0.1, 0.15) is 17.5 Å². The quantitative estimate of drug-likeness (QED) is 0.350. The molecule has 0 saturated heterocycles. The van der Waals surface area contributed by atoms with E-state index in [2.05, 4.69) is 10.6 Å². The van der Waals surface area contributed by atoms with E-state index in [-0.39, 0.29) is 11.4 Å². The van der Waals surface area contributed by atoms with Crippen LogP contribution in [0, 0.1) is 17.1 Å². The Labute approximate surface area is 122 Å². The molecule has 0 radical (unpaired) electrons. The molecule has 0 aliphatic rings. The second-order valence-corrected chi connectivity index (χ2v) is 4.35. The lowest BCUT2D eigenvalue weighted by atomic mass is 10.2. The molecule has 1 aromatic rings. The molecular formula is C14H15ClFN3O. The number of carbonyl (C=O) groups is 1. The zero-order chi connectivity index (χ0) is 14.8. The summed E-state index contributed by atoms with van der Waals surface area (Å²) in [6.45, 7) is 0.833. The third-order valence-corrected chi connectivity index (χ3v) is 2.69. The molecule has 6 heteroatoms. The number of rotatable bonds is 7. The van der Waals surface area contributed by atoms with Crippen LogP contribution in [-0.2, 0) is 11.3 Å². The van der Waals surface area contributed by atoms with E-state index in [4.69, 9.17) is 16.9 Å². The van der Waals surface area contributed by atoms with E-state index in [0.717, 1.165) is 5.56 Å².